The van der Waals surface area contributed by atoms with Crippen molar-refractivity contribution in [1.29, 1.82) is 0 Å². The molecule has 0 aromatic rings. The normalized spacial score (nSPS) is 22.3. The van der Waals surface area contributed by atoms with Gasteiger partial charge in [0, 0.05) is 65.4 Å². The van der Waals surface area contributed by atoms with E-state index in [1.54, 1.807) is 0 Å². The second-order valence-electron chi connectivity index (χ2n) is 3.29. The summed E-state index contributed by atoms with van der Waals surface area (Å²) >= 11 is 0. The van der Waals surface area contributed by atoms with Gasteiger partial charge < -0.3 is 35.0 Å². The summed E-state index contributed by atoms with van der Waals surface area (Å²) in [5.41, 5.74) is 0. The third-order valence-corrected chi connectivity index (χ3v) is 1.63. The molecular weight excluding hydrogens is 398 g/mol. The van der Waals surface area contributed by atoms with E-state index in [4.69, 9.17) is 25.5 Å². The second-order valence-corrected chi connectivity index (χ2v) is 3.29. The molecule has 2 fully saturated rings. The van der Waals surface area contributed by atoms with Crippen LogP contribution in [-0.2, 0) is 74.9 Å². The minimum Gasteiger partial charge on any atom is -0.394 e. The molecule has 0 spiro atoms. The predicted molar refractivity (Wildman–Crippen MR) is 53.8 cm³/mol. The van der Waals surface area contributed by atoms with E-state index in [0.717, 1.165) is 13.2 Å². The molecule has 2 aliphatic rings. The Morgan fingerprint density at radius 3 is 1.11 bits per heavy atom. The first-order chi connectivity index (χ1) is 7.67. The first-order valence-corrected chi connectivity index (χ1v) is 5.02. The molecule has 2 unspecified atom stereocenters. The average Bonchev–Trinajstić information content (AvgIpc) is 3.23. The summed E-state index contributed by atoms with van der Waals surface area (Å²) in [5.74, 6) is 0. The Morgan fingerprint density at radius 2 is 1.11 bits per heavy atom. The van der Waals surface area contributed by atoms with E-state index in [0.29, 0.717) is 0 Å². The van der Waals surface area contributed by atoms with Crippen LogP contribution in [0.3, 0.4) is 0 Å². The summed E-state index contributed by atoms with van der Waals surface area (Å²) in [7, 11) is 0. The van der Waals surface area contributed by atoms with Gasteiger partial charge in [0.1, 0.15) is 18.3 Å². The fourth-order valence-electron chi connectivity index (χ4n) is 0.405. The van der Waals surface area contributed by atoms with Gasteiger partial charge in [-0.2, -0.15) is 0 Å². The number of aliphatic hydroxyl groups is 5. The van der Waals surface area contributed by atoms with Crippen molar-refractivity contribution in [1.82, 2.24) is 0 Å². The van der Waals surface area contributed by atoms with Crippen LogP contribution in [0.1, 0.15) is 0 Å². The molecule has 0 bridgehead atoms. The van der Waals surface area contributed by atoms with Crippen molar-refractivity contribution in [3.05, 3.63) is 0 Å². The van der Waals surface area contributed by atoms with Gasteiger partial charge in [-0.15, -0.1) is 0 Å². The molecule has 18 heavy (non-hydrogen) atoms. The fourth-order valence-corrected chi connectivity index (χ4v) is 0.405. The molecule has 0 aromatic carbocycles. The predicted octanol–water partition coefficient (Wildman–Crippen LogP) is -2.92. The van der Waals surface area contributed by atoms with Crippen LogP contribution >= 0.6 is 0 Å². The Bertz CT molecular complexity index is 140. The third-order valence-electron chi connectivity index (χ3n) is 1.63. The van der Waals surface area contributed by atoms with Crippen molar-refractivity contribution in [2.75, 3.05) is 39.6 Å². The van der Waals surface area contributed by atoms with Crippen LogP contribution in [0, 0.1) is 0 Å². The van der Waals surface area contributed by atoms with Crippen molar-refractivity contribution in [2.24, 2.45) is 0 Å². The van der Waals surface area contributed by atoms with E-state index >= 15 is 0 Å². The molecule has 0 aliphatic carbocycles. The van der Waals surface area contributed by atoms with E-state index in [-0.39, 0.29) is 104 Å². The zero-order valence-corrected chi connectivity index (χ0v) is 15.9. The number of ether oxygens (including phenoxy) is 2. The Hall–Kier alpha value is 1.93. The van der Waals surface area contributed by atoms with Crippen LogP contribution in [0.4, 0.5) is 0 Å². The minimum absolute atomic E-state index is 0. The van der Waals surface area contributed by atoms with Gasteiger partial charge in [-0.25, -0.2) is 0 Å². The topological polar surface area (TPSA) is 126 Å². The van der Waals surface area contributed by atoms with Crippen molar-refractivity contribution in [3.8, 4) is 0 Å². The molecule has 9 heteroatoms. The van der Waals surface area contributed by atoms with E-state index in [1.807, 2.05) is 0 Å². The van der Waals surface area contributed by atoms with Crippen LogP contribution < -0.4 is 0 Å². The van der Waals surface area contributed by atoms with Crippen LogP contribution in [0.2, 0.25) is 0 Å². The van der Waals surface area contributed by atoms with Crippen molar-refractivity contribution in [2.45, 2.75) is 18.3 Å². The summed E-state index contributed by atoms with van der Waals surface area (Å²) in [6.07, 6.45) is -0.574. The summed E-state index contributed by atoms with van der Waals surface area (Å²) in [6.45, 7) is 1.18. The quantitative estimate of drug-likeness (QED) is 0.310. The molecule has 2 radical (unpaired) electrons. The summed E-state index contributed by atoms with van der Waals surface area (Å²) in [6, 6.07) is 0. The Kier molecular flexibility index (Phi) is 23.5. The molecule has 2 aliphatic heterocycles. The maximum absolute atomic E-state index is 8.17. The molecule has 104 valence electrons. The number of epoxide rings is 2. The van der Waals surface area contributed by atoms with Crippen LogP contribution in [0.15, 0.2) is 0 Å². The first kappa shape index (κ1) is 24.9. The summed E-state index contributed by atoms with van der Waals surface area (Å²) in [5, 5.41) is 40.2. The summed E-state index contributed by atoms with van der Waals surface area (Å²) < 4.78 is 9.22. The smallest absolute Gasteiger partial charge is 0.104 e. The minimum atomic E-state index is -0.954. The number of aliphatic hydroxyl groups excluding tert-OH is 5. The van der Waals surface area contributed by atoms with E-state index in [9.17, 15) is 0 Å². The Labute approximate surface area is 157 Å². The van der Waals surface area contributed by atoms with Gasteiger partial charge in [0.2, 0.25) is 0 Å². The number of hydrogen-bond donors (Lipinski definition) is 5. The molecule has 0 saturated carbocycles. The third kappa shape index (κ3) is 20.2. The SMILES string of the molecule is OCC(O)CO.OCC1CO1.OCC1CO1.[Y].[Y]. The molecule has 2 heterocycles. The molecule has 2 rings (SSSR count). The number of hydrogen-bond acceptors (Lipinski definition) is 7. The van der Waals surface area contributed by atoms with Crippen molar-refractivity contribution >= 4 is 0 Å². The van der Waals surface area contributed by atoms with Crippen LogP contribution in [0.5, 0.6) is 0 Å². The van der Waals surface area contributed by atoms with E-state index in [2.05, 4.69) is 9.47 Å². The van der Waals surface area contributed by atoms with Crippen molar-refractivity contribution < 1.29 is 100 Å². The van der Waals surface area contributed by atoms with E-state index < -0.39 is 6.10 Å². The van der Waals surface area contributed by atoms with Gasteiger partial charge in [-0.05, 0) is 0 Å². The molecular formula is C9H20O7Y2. The first-order valence-electron chi connectivity index (χ1n) is 5.02. The van der Waals surface area contributed by atoms with Crippen LogP contribution in [0.25, 0.3) is 0 Å². The molecule has 0 aromatic heterocycles. The van der Waals surface area contributed by atoms with Gasteiger partial charge in [0.15, 0.2) is 0 Å². The maximum Gasteiger partial charge on any atom is 0.104 e. The standard InChI is InChI=1S/C3H8O3.2C3H6O2.2Y/c4-1-3(6)2-5;2*4-1-3-2-5-3;;/h3-6H,1-2H2;2*3-4H,1-2H2;;. The average molecular weight is 418 g/mol. The second kappa shape index (κ2) is 17.0. The monoisotopic (exact) mass is 418 g/mol. The molecule has 7 nitrogen and oxygen atoms in total. The molecule has 0 amide bonds. The largest absolute Gasteiger partial charge is 0.394 e. The zero-order valence-electron chi connectivity index (χ0n) is 10.2. The van der Waals surface area contributed by atoms with Crippen LogP contribution in [-0.4, -0.2) is 83.5 Å². The molecule has 2 saturated heterocycles. The van der Waals surface area contributed by atoms with E-state index in [1.165, 1.54) is 0 Å². The number of rotatable bonds is 4. The summed E-state index contributed by atoms with van der Waals surface area (Å²) in [4.78, 5) is 0. The molecule has 5 N–H and O–H groups in total. The Balaban J connectivity index is -0.000000178. The van der Waals surface area contributed by atoms with Gasteiger partial charge in [-0.3, -0.25) is 0 Å². The van der Waals surface area contributed by atoms with Gasteiger partial charge in [0.05, 0.1) is 39.6 Å². The van der Waals surface area contributed by atoms with Gasteiger partial charge in [-0.1, -0.05) is 0 Å². The van der Waals surface area contributed by atoms with Gasteiger partial charge in [0.25, 0.3) is 0 Å². The van der Waals surface area contributed by atoms with Crippen molar-refractivity contribution in [3.63, 3.8) is 0 Å². The fraction of sp³-hybridized carbons (Fsp3) is 1.00. The Morgan fingerprint density at radius 1 is 0.833 bits per heavy atom. The molecule has 2 atom stereocenters. The van der Waals surface area contributed by atoms with Gasteiger partial charge >= 0.3 is 0 Å². The maximum atomic E-state index is 8.17. The zero-order chi connectivity index (χ0) is 12.4.